The van der Waals surface area contributed by atoms with Crippen molar-refractivity contribution in [2.24, 2.45) is 0 Å². The minimum absolute atomic E-state index is 0.222. The first-order chi connectivity index (χ1) is 12.7. The molecule has 1 aromatic heterocycles. The van der Waals surface area contributed by atoms with Gasteiger partial charge in [-0.05, 0) is 5.56 Å². The van der Waals surface area contributed by atoms with Gasteiger partial charge in [-0.2, -0.15) is 5.10 Å². The number of nitrogens with zero attached hydrogens (tertiary/aromatic N) is 2. The number of fused-ring (bicyclic) bond motifs is 1. The third-order valence-electron chi connectivity index (χ3n) is 4.85. The third kappa shape index (κ3) is 3.26. The van der Waals surface area contributed by atoms with Crippen LogP contribution in [0.4, 0.5) is 0 Å². The lowest BCUT2D eigenvalue weighted by Crippen LogP contribution is -2.42. The average Bonchev–Trinajstić information content (AvgIpc) is 3.12. The first kappa shape index (κ1) is 16.5. The number of carbonyl (C=O) groups excluding carboxylic acids is 1. The first-order valence-corrected chi connectivity index (χ1v) is 8.84. The fourth-order valence-electron chi connectivity index (χ4n) is 3.45. The summed E-state index contributed by atoms with van der Waals surface area (Å²) >= 11 is 0. The van der Waals surface area contributed by atoms with Gasteiger partial charge in [0.15, 0.2) is 0 Å². The van der Waals surface area contributed by atoms with Crippen LogP contribution in [0.3, 0.4) is 0 Å². The largest absolute Gasteiger partial charge is 0.383 e. The SMILES string of the molecule is O=C(C(O)Cc1ccccc1)N1CCc2[nH]nc(-c3ccccc3)c2C1. The van der Waals surface area contributed by atoms with E-state index in [1.807, 2.05) is 60.7 Å². The monoisotopic (exact) mass is 347 g/mol. The second-order valence-corrected chi connectivity index (χ2v) is 6.61. The number of benzene rings is 2. The maximum atomic E-state index is 12.7. The molecule has 26 heavy (non-hydrogen) atoms. The van der Waals surface area contributed by atoms with Crippen molar-refractivity contribution >= 4 is 5.91 Å². The van der Waals surface area contributed by atoms with Crippen LogP contribution in [0.15, 0.2) is 60.7 Å². The van der Waals surface area contributed by atoms with Gasteiger partial charge in [-0.3, -0.25) is 9.89 Å². The summed E-state index contributed by atoms with van der Waals surface area (Å²) in [5.41, 5.74) is 4.99. The molecule has 1 unspecified atom stereocenters. The molecule has 0 saturated heterocycles. The highest BCUT2D eigenvalue weighted by Crippen LogP contribution is 2.28. The van der Waals surface area contributed by atoms with E-state index in [1.54, 1.807) is 4.90 Å². The molecular formula is C21H21N3O2. The van der Waals surface area contributed by atoms with Crippen LogP contribution < -0.4 is 0 Å². The molecule has 1 aliphatic rings. The Hall–Kier alpha value is -2.92. The number of aliphatic hydroxyl groups is 1. The highest BCUT2D eigenvalue weighted by atomic mass is 16.3. The molecule has 132 valence electrons. The van der Waals surface area contributed by atoms with Crippen LogP contribution in [0, 0.1) is 0 Å². The molecule has 5 heteroatoms. The molecule has 0 bridgehead atoms. The summed E-state index contributed by atoms with van der Waals surface area (Å²) < 4.78 is 0. The Morgan fingerprint density at radius 2 is 1.81 bits per heavy atom. The zero-order chi connectivity index (χ0) is 17.9. The predicted octanol–water partition coefficient (Wildman–Crippen LogP) is 2.57. The van der Waals surface area contributed by atoms with E-state index in [2.05, 4.69) is 10.2 Å². The van der Waals surface area contributed by atoms with Gasteiger partial charge < -0.3 is 10.0 Å². The number of carbonyl (C=O) groups is 1. The molecule has 0 fully saturated rings. The molecule has 1 aliphatic heterocycles. The molecule has 5 nitrogen and oxygen atoms in total. The normalized spacial score (nSPS) is 14.7. The molecule has 2 heterocycles. The molecule has 0 aliphatic carbocycles. The maximum Gasteiger partial charge on any atom is 0.252 e. The lowest BCUT2D eigenvalue weighted by atomic mass is 10.00. The van der Waals surface area contributed by atoms with Gasteiger partial charge in [-0.15, -0.1) is 0 Å². The fraction of sp³-hybridized carbons (Fsp3) is 0.238. The number of aliphatic hydroxyl groups excluding tert-OH is 1. The molecule has 1 amide bonds. The lowest BCUT2D eigenvalue weighted by Gasteiger charge is -2.29. The lowest BCUT2D eigenvalue weighted by molar-refractivity contribution is -0.141. The highest BCUT2D eigenvalue weighted by Gasteiger charge is 2.29. The Balaban J connectivity index is 1.51. The summed E-state index contributed by atoms with van der Waals surface area (Å²) in [4.78, 5) is 14.5. The van der Waals surface area contributed by atoms with Crippen LogP contribution >= 0.6 is 0 Å². The van der Waals surface area contributed by atoms with Gasteiger partial charge in [0, 0.05) is 42.8 Å². The van der Waals surface area contributed by atoms with Gasteiger partial charge in [-0.1, -0.05) is 60.7 Å². The summed E-state index contributed by atoms with van der Waals surface area (Å²) in [7, 11) is 0. The van der Waals surface area contributed by atoms with E-state index in [1.165, 1.54) is 0 Å². The summed E-state index contributed by atoms with van der Waals surface area (Å²) in [6.07, 6.45) is 0.0323. The van der Waals surface area contributed by atoms with Crippen LogP contribution in [-0.4, -0.2) is 38.8 Å². The minimum atomic E-state index is -1.02. The van der Waals surface area contributed by atoms with E-state index in [9.17, 15) is 9.90 Å². The zero-order valence-corrected chi connectivity index (χ0v) is 14.4. The van der Waals surface area contributed by atoms with Crippen LogP contribution in [0.5, 0.6) is 0 Å². The second-order valence-electron chi connectivity index (χ2n) is 6.61. The average molecular weight is 347 g/mol. The first-order valence-electron chi connectivity index (χ1n) is 8.84. The number of H-pyrrole nitrogens is 1. The van der Waals surface area contributed by atoms with E-state index in [0.29, 0.717) is 19.5 Å². The number of nitrogens with one attached hydrogen (secondary N) is 1. The van der Waals surface area contributed by atoms with Crippen molar-refractivity contribution in [1.29, 1.82) is 0 Å². The summed E-state index contributed by atoms with van der Waals surface area (Å²) in [6.45, 7) is 1.06. The topological polar surface area (TPSA) is 69.2 Å². The Morgan fingerprint density at radius 3 is 2.54 bits per heavy atom. The minimum Gasteiger partial charge on any atom is -0.383 e. The molecule has 0 spiro atoms. The van der Waals surface area contributed by atoms with Crippen molar-refractivity contribution in [2.75, 3.05) is 6.54 Å². The summed E-state index contributed by atoms with van der Waals surface area (Å²) in [5, 5.41) is 17.9. The quantitative estimate of drug-likeness (QED) is 0.762. The van der Waals surface area contributed by atoms with Crippen molar-refractivity contribution < 1.29 is 9.90 Å². The van der Waals surface area contributed by atoms with Gasteiger partial charge in [0.05, 0.1) is 5.69 Å². The van der Waals surface area contributed by atoms with Crippen molar-refractivity contribution in [3.05, 3.63) is 77.5 Å². The van der Waals surface area contributed by atoms with E-state index in [4.69, 9.17) is 0 Å². The Kier molecular flexibility index (Phi) is 4.54. The van der Waals surface area contributed by atoms with Gasteiger partial charge in [0.2, 0.25) is 0 Å². The Labute approximate surface area is 152 Å². The second kappa shape index (κ2) is 7.14. The van der Waals surface area contributed by atoms with Crippen molar-refractivity contribution in [1.82, 2.24) is 15.1 Å². The number of aromatic nitrogens is 2. The fourth-order valence-corrected chi connectivity index (χ4v) is 3.45. The standard InChI is InChI=1S/C21H21N3O2/c25-19(13-15-7-3-1-4-8-15)21(26)24-12-11-18-17(14-24)20(23-22-18)16-9-5-2-6-10-16/h1-10,19,25H,11-14H2,(H,22,23). The van der Waals surface area contributed by atoms with Gasteiger partial charge in [-0.25, -0.2) is 0 Å². The van der Waals surface area contributed by atoms with Gasteiger partial charge in [0.25, 0.3) is 5.91 Å². The van der Waals surface area contributed by atoms with Crippen molar-refractivity contribution in [3.8, 4) is 11.3 Å². The molecule has 2 aromatic carbocycles. The van der Waals surface area contributed by atoms with E-state index in [-0.39, 0.29) is 5.91 Å². The van der Waals surface area contributed by atoms with Crippen LogP contribution in [0.25, 0.3) is 11.3 Å². The Bertz CT molecular complexity index is 890. The third-order valence-corrected chi connectivity index (χ3v) is 4.85. The van der Waals surface area contributed by atoms with Crippen molar-refractivity contribution in [2.45, 2.75) is 25.5 Å². The highest BCUT2D eigenvalue weighted by molar-refractivity contribution is 5.81. The number of rotatable bonds is 4. The number of amides is 1. The molecule has 2 N–H and O–H groups in total. The maximum absolute atomic E-state index is 12.7. The smallest absolute Gasteiger partial charge is 0.252 e. The van der Waals surface area contributed by atoms with Crippen LogP contribution in [-0.2, 0) is 24.2 Å². The number of hydrogen-bond donors (Lipinski definition) is 2. The zero-order valence-electron chi connectivity index (χ0n) is 14.4. The van der Waals surface area contributed by atoms with E-state index >= 15 is 0 Å². The van der Waals surface area contributed by atoms with Gasteiger partial charge >= 0.3 is 0 Å². The van der Waals surface area contributed by atoms with E-state index in [0.717, 1.165) is 34.5 Å². The van der Waals surface area contributed by atoms with Gasteiger partial charge in [0.1, 0.15) is 6.10 Å². The predicted molar refractivity (Wildman–Crippen MR) is 99.3 cm³/mol. The molecular weight excluding hydrogens is 326 g/mol. The van der Waals surface area contributed by atoms with Crippen LogP contribution in [0.2, 0.25) is 0 Å². The summed E-state index contributed by atoms with van der Waals surface area (Å²) in [6, 6.07) is 19.6. The van der Waals surface area contributed by atoms with Crippen molar-refractivity contribution in [3.63, 3.8) is 0 Å². The Morgan fingerprint density at radius 1 is 1.12 bits per heavy atom. The molecule has 0 saturated carbocycles. The summed E-state index contributed by atoms with van der Waals surface area (Å²) in [5.74, 6) is -0.222. The number of aromatic amines is 1. The molecule has 3 aromatic rings. The molecule has 0 radical (unpaired) electrons. The van der Waals surface area contributed by atoms with E-state index < -0.39 is 6.10 Å². The molecule has 4 rings (SSSR count). The van der Waals surface area contributed by atoms with Crippen LogP contribution in [0.1, 0.15) is 16.8 Å². The molecule has 1 atom stereocenters. The number of hydrogen-bond acceptors (Lipinski definition) is 3.